The van der Waals surface area contributed by atoms with Gasteiger partial charge in [-0.3, -0.25) is 0 Å². The number of benzene rings is 1. The van der Waals surface area contributed by atoms with Crippen LogP contribution in [-0.4, -0.2) is 11.0 Å². The van der Waals surface area contributed by atoms with E-state index in [2.05, 4.69) is 6.92 Å². The number of phenolic OH excluding ortho intramolecular Hbond substituents is 1. The van der Waals surface area contributed by atoms with Crippen molar-refractivity contribution in [1.82, 2.24) is 0 Å². The van der Waals surface area contributed by atoms with E-state index in [0.29, 0.717) is 17.5 Å². The first-order chi connectivity index (χ1) is 6.15. The fourth-order valence-corrected chi connectivity index (χ4v) is 1.72. The van der Waals surface area contributed by atoms with Crippen molar-refractivity contribution in [3.8, 4) is 5.75 Å². The molecular weight excluding hydrogens is 184 g/mol. The van der Waals surface area contributed by atoms with Crippen LogP contribution in [0.15, 0.2) is 18.2 Å². The number of rotatable bonds is 3. The average Bonchev–Trinajstić information content (AvgIpc) is 2.09. The summed E-state index contributed by atoms with van der Waals surface area (Å²) < 4.78 is 0. The molecule has 1 aromatic carbocycles. The number of phenols is 1. The van der Waals surface area contributed by atoms with Crippen molar-refractivity contribution in [2.24, 2.45) is 0 Å². The van der Waals surface area contributed by atoms with Gasteiger partial charge in [-0.1, -0.05) is 24.6 Å². The second-order valence-electron chi connectivity index (χ2n) is 3.44. The maximum absolute atomic E-state index is 9.59. The summed E-state index contributed by atoms with van der Waals surface area (Å²) >= 11 is 5.66. The number of aryl methyl sites for hydroxylation is 1. The second kappa shape index (κ2) is 4.52. The smallest absolute Gasteiger partial charge is 0.119 e. The van der Waals surface area contributed by atoms with E-state index in [9.17, 15) is 5.11 Å². The Kier molecular flexibility index (Phi) is 3.61. The molecule has 0 saturated heterocycles. The molecule has 0 fully saturated rings. The highest BCUT2D eigenvalue weighted by Crippen LogP contribution is 2.28. The Labute approximate surface area is 84.4 Å². The first kappa shape index (κ1) is 10.4. The number of alkyl halides is 1. The van der Waals surface area contributed by atoms with Gasteiger partial charge in [-0.2, -0.15) is 0 Å². The van der Waals surface area contributed by atoms with Crippen molar-refractivity contribution < 1.29 is 5.11 Å². The van der Waals surface area contributed by atoms with E-state index in [1.165, 1.54) is 5.56 Å². The van der Waals surface area contributed by atoms with Crippen LogP contribution in [0.1, 0.15) is 30.4 Å². The van der Waals surface area contributed by atoms with Gasteiger partial charge in [-0.05, 0) is 30.9 Å². The molecule has 1 aromatic rings. The van der Waals surface area contributed by atoms with Gasteiger partial charge in [-0.15, -0.1) is 11.6 Å². The normalized spacial score (nSPS) is 12.8. The molecule has 0 saturated carbocycles. The van der Waals surface area contributed by atoms with Crippen LogP contribution in [0.5, 0.6) is 5.75 Å². The predicted octanol–water partition coefficient (Wildman–Crippen LogP) is 3.43. The SMILES string of the molecule is Cc1ccc(O)c(C(C)CCCl)c1. The van der Waals surface area contributed by atoms with Crippen LogP contribution in [0.25, 0.3) is 0 Å². The fraction of sp³-hybridized carbons (Fsp3) is 0.455. The molecule has 1 rings (SSSR count). The zero-order valence-corrected chi connectivity index (χ0v) is 8.80. The lowest BCUT2D eigenvalue weighted by Gasteiger charge is -2.12. The van der Waals surface area contributed by atoms with Crippen LogP contribution in [0, 0.1) is 6.92 Å². The lowest BCUT2D eigenvalue weighted by Crippen LogP contribution is -1.95. The summed E-state index contributed by atoms with van der Waals surface area (Å²) in [5.74, 6) is 1.34. The number of halogens is 1. The molecule has 0 heterocycles. The number of hydrogen-bond acceptors (Lipinski definition) is 1. The van der Waals surface area contributed by atoms with Crippen molar-refractivity contribution in [3.63, 3.8) is 0 Å². The van der Waals surface area contributed by atoms with Gasteiger partial charge in [0, 0.05) is 5.88 Å². The third-order valence-corrected chi connectivity index (χ3v) is 2.47. The van der Waals surface area contributed by atoms with Gasteiger partial charge in [0.15, 0.2) is 0 Å². The molecule has 0 aliphatic heterocycles. The third kappa shape index (κ3) is 2.63. The molecule has 1 atom stereocenters. The summed E-state index contributed by atoms with van der Waals surface area (Å²) in [5, 5.41) is 9.59. The molecule has 2 heteroatoms. The quantitative estimate of drug-likeness (QED) is 0.738. The van der Waals surface area contributed by atoms with Gasteiger partial charge < -0.3 is 5.11 Å². The summed E-state index contributed by atoms with van der Waals surface area (Å²) in [4.78, 5) is 0. The van der Waals surface area contributed by atoms with Crippen LogP contribution in [0.2, 0.25) is 0 Å². The Hall–Kier alpha value is -0.690. The molecule has 0 aromatic heterocycles. The lowest BCUT2D eigenvalue weighted by molar-refractivity contribution is 0.462. The van der Waals surface area contributed by atoms with E-state index in [0.717, 1.165) is 12.0 Å². The molecule has 1 N–H and O–H groups in total. The zero-order valence-electron chi connectivity index (χ0n) is 8.05. The van der Waals surface area contributed by atoms with E-state index in [1.54, 1.807) is 6.07 Å². The van der Waals surface area contributed by atoms with Crippen molar-refractivity contribution in [2.45, 2.75) is 26.2 Å². The summed E-state index contributed by atoms with van der Waals surface area (Å²) in [5.41, 5.74) is 2.18. The van der Waals surface area contributed by atoms with Gasteiger partial charge in [0.05, 0.1) is 0 Å². The van der Waals surface area contributed by atoms with E-state index in [4.69, 9.17) is 11.6 Å². The number of hydrogen-bond donors (Lipinski definition) is 1. The van der Waals surface area contributed by atoms with Crippen molar-refractivity contribution >= 4 is 11.6 Å². The average molecular weight is 199 g/mol. The highest BCUT2D eigenvalue weighted by atomic mass is 35.5. The highest BCUT2D eigenvalue weighted by Gasteiger charge is 2.09. The Bertz CT molecular complexity index is 283. The molecule has 0 aliphatic carbocycles. The molecular formula is C11H15ClO. The molecule has 0 aliphatic rings. The maximum atomic E-state index is 9.59. The van der Waals surface area contributed by atoms with Crippen LogP contribution in [0.4, 0.5) is 0 Å². The summed E-state index contributed by atoms with van der Waals surface area (Å²) in [7, 11) is 0. The molecule has 1 nitrogen and oxygen atoms in total. The summed E-state index contributed by atoms with van der Waals surface area (Å²) in [6.45, 7) is 4.10. The van der Waals surface area contributed by atoms with E-state index in [1.807, 2.05) is 19.1 Å². The van der Waals surface area contributed by atoms with Crippen molar-refractivity contribution in [1.29, 1.82) is 0 Å². The van der Waals surface area contributed by atoms with Gasteiger partial charge in [0.25, 0.3) is 0 Å². The maximum Gasteiger partial charge on any atom is 0.119 e. The first-order valence-electron chi connectivity index (χ1n) is 4.50. The van der Waals surface area contributed by atoms with E-state index >= 15 is 0 Å². The Morgan fingerprint density at radius 2 is 2.15 bits per heavy atom. The van der Waals surface area contributed by atoms with Gasteiger partial charge >= 0.3 is 0 Å². The van der Waals surface area contributed by atoms with Crippen LogP contribution < -0.4 is 0 Å². The third-order valence-electron chi connectivity index (χ3n) is 2.26. The zero-order chi connectivity index (χ0) is 9.84. The van der Waals surface area contributed by atoms with Crippen LogP contribution >= 0.6 is 11.6 Å². The minimum atomic E-state index is 0.331. The summed E-state index contributed by atoms with van der Waals surface area (Å²) in [6.07, 6.45) is 0.901. The first-order valence-corrected chi connectivity index (χ1v) is 5.04. The Balaban J connectivity index is 2.91. The molecule has 0 amide bonds. The lowest BCUT2D eigenvalue weighted by atomic mass is 9.96. The van der Waals surface area contributed by atoms with Crippen molar-refractivity contribution in [2.75, 3.05) is 5.88 Å². The van der Waals surface area contributed by atoms with E-state index < -0.39 is 0 Å². The Morgan fingerprint density at radius 1 is 1.46 bits per heavy atom. The monoisotopic (exact) mass is 198 g/mol. The number of aromatic hydroxyl groups is 1. The molecule has 0 spiro atoms. The summed E-state index contributed by atoms with van der Waals surface area (Å²) in [6, 6.07) is 5.67. The van der Waals surface area contributed by atoms with Gasteiger partial charge in [0.2, 0.25) is 0 Å². The van der Waals surface area contributed by atoms with Crippen molar-refractivity contribution in [3.05, 3.63) is 29.3 Å². The standard InChI is InChI=1S/C11H15ClO/c1-8-3-4-11(13)10(7-8)9(2)5-6-12/h3-4,7,9,13H,5-6H2,1-2H3. The molecule has 0 radical (unpaired) electrons. The fourth-order valence-electron chi connectivity index (χ4n) is 1.39. The largest absolute Gasteiger partial charge is 0.508 e. The van der Waals surface area contributed by atoms with Gasteiger partial charge in [0.1, 0.15) is 5.75 Å². The van der Waals surface area contributed by atoms with Gasteiger partial charge in [-0.25, -0.2) is 0 Å². The highest BCUT2D eigenvalue weighted by molar-refractivity contribution is 6.17. The topological polar surface area (TPSA) is 20.2 Å². The molecule has 0 bridgehead atoms. The van der Waals surface area contributed by atoms with E-state index in [-0.39, 0.29) is 0 Å². The molecule has 72 valence electrons. The minimum absolute atomic E-state index is 0.331. The minimum Gasteiger partial charge on any atom is -0.508 e. The predicted molar refractivity (Wildman–Crippen MR) is 56.6 cm³/mol. The Morgan fingerprint density at radius 3 is 2.77 bits per heavy atom. The molecule has 13 heavy (non-hydrogen) atoms. The van der Waals surface area contributed by atoms with Crippen LogP contribution in [0.3, 0.4) is 0 Å². The molecule has 1 unspecified atom stereocenters. The second-order valence-corrected chi connectivity index (χ2v) is 3.82. The van der Waals surface area contributed by atoms with Crippen LogP contribution in [-0.2, 0) is 0 Å².